The zero-order valence-electron chi connectivity index (χ0n) is 15.8. The quantitative estimate of drug-likeness (QED) is 0.354. The number of carbonyl (C=O) groups excluding carboxylic acids is 1. The number of methoxy groups -OCH3 is 1. The zero-order valence-corrected chi connectivity index (χ0v) is 15.8. The summed E-state index contributed by atoms with van der Waals surface area (Å²) in [6.45, 7) is -0.0936. The van der Waals surface area contributed by atoms with Gasteiger partial charge >= 0.3 is 5.63 Å². The van der Waals surface area contributed by atoms with Gasteiger partial charge in [0.25, 0.3) is 0 Å². The van der Waals surface area contributed by atoms with E-state index in [1.165, 1.54) is 0 Å². The van der Waals surface area contributed by atoms with E-state index in [0.29, 0.717) is 28.2 Å². The molecule has 1 heterocycles. The highest BCUT2D eigenvalue weighted by molar-refractivity contribution is 5.97. The molecular weight excluding hydrogens is 368 g/mol. The first-order chi connectivity index (χ1) is 14.1. The second-order valence-electron chi connectivity index (χ2n) is 6.45. The molecule has 0 radical (unpaired) electrons. The normalized spacial score (nSPS) is 10.7. The topological polar surface area (TPSA) is 65.7 Å². The summed E-state index contributed by atoms with van der Waals surface area (Å²) in [7, 11) is 1.59. The molecule has 1 aromatic heterocycles. The molecule has 3 aromatic carbocycles. The Balaban J connectivity index is 1.57. The Hall–Kier alpha value is -3.86. The van der Waals surface area contributed by atoms with Gasteiger partial charge in [-0.3, -0.25) is 4.79 Å². The predicted octanol–water partition coefficient (Wildman–Crippen LogP) is 4.73. The van der Waals surface area contributed by atoms with E-state index < -0.39 is 5.63 Å². The molecule has 0 bridgehead atoms. The number of benzene rings is 3. The van der Waals surface area contributed by atoms with Crippen molar-refractivity contribution in [1.82, 2.24) is 0 Å². The third kappa shape index (κ3) is 4.04. The number of rotatable bonds is 6. The minimum Gasteiger partial charge on any atom is -0.497 e. The van der Waals surface area contributed by atoms with Gasteiger partial charge in [0.15, 0.2) is 12.4 Å². The molecule has 5 nitrogen and oxygen atoms in total. The number of hydrogen-bond acceptors (Lipinski definition) is 5. The van der Waals surface area contributed by atoms with Crippen molar-refractivity contribution in [2.75, 3.05) is 13.7 Å². The van der Waals surface area contributed by atoms with Gasteiger partial charge in [-0.2, -0.15) is 0 Å². The zero-order chi connectivity index (χ0) is 20.2. The van der Waals surface area contributed by atoms with E-state index in [-0.39, 0.29) is 12.4 Å². The Bertz CT molecular complexity index is 1210. The van der Waals surface area contributed by atoms with Crippen LogP contribution >= 0.6 is 0 Å². The average Bonchev–Trinajstić information content (AvgIpc) is 2.77. The molecule has 144 valence electrons. The van der Waals surface area contributed by atoms with Gasteiger partial charge in [-0.25, -0.2) is 4.79 Å². The van der Waals surface area contributed by atoms with Crippen molar-refractivity contribution < 1.29 is 18.7 Å². The predicted molar refractivity (Wildman–Crippen MR) is 111 cm³/mol. The second kappa shape index (κ2) is 8.02. The fourth-order valence-electron chi connectivity index (χ4n) is 3.01. The molecule has 0 aliphatic heterocycles. The van der Waals surface area contributed by atoms with Crippen LogP contribution in [0.4, 0.5) is 0 Å². The molecule has 0 saturated heterocycles. The fourth-order valence-corrected chi connectivity index (χ4v) is 3.01. The standard InChI is InChI=1S/C24H18O5/c1-27-19-10-7-16(8-11-19)21-13-18-9-12-20(14-23(18)29-24(21)26)28-15-22(25)17-5-3-2-4-6-17/h2-14H,15H2,1H3. The lowest BCUT2D eigenvalue weighted by Gasteiger charge is -2.08. The van der Waals surface area contributed by atoms with Crippen LogP contribution in [0.5, 0.6) is 11.5 Å². The second-order valence-corrected chi connectivity index (χ2v) is 6.45. The maximum atomic E-state index is 12.5. The van der Waals surface area contributed by atoms with Gasteiger partial charge in [0.2, 0.25) is 0 Å². The van der Waals surface area contributed by atoms with Gasteiger partial charge < -0.3 is 13.9 Å². The third-order valence-corrected chi connectivity index (χ3v) is 4.57. The molecule has 29 heavy (non-hydrogen) atoms. The molecule has 0 aliphatic carbocycles. The molecule has 5 heteroatoms. The van der Waals surface area contributed by atoms with Gasteiger partial charge in [-0.05, 0) is 35.9 Å². The molecule has 0 fully saturated rings. The van der Waals surface area contributed by atoms with E-state index in [1.54, 1.807) is 67.8 Å². The number of Topliss-reactive ketones (excluding diaryl/α,β-unsaturated/α-hetero) is 1. The summed E-state index contributed by atoms with van der Waals surface area (Å²) >= 11 is 0. The van der Waals surface area contributed by atoms with Crippen LogP contribution in [0.2, 0.25) is 0 Å². The van der Waals surface area contributed by atoms with Gasteiger partial charge in [0.05, 0.1) is 12.7 Å². The summed E-state index contributed by atoms with van der Waals surface area (Å²) in [5, 5.41) is 0.761. The summed E-state index contributed by atoms with van der Waals surface area (Å²) in [6, 6.07) is 23.1. The van der Waals surface area contributed by atoms with Crippen molar-refractivity contribution in [3.05, 3.63) is 94.8 Å². The highest BCUT2D eigenvalue weighted by Crippen LogP contribution is 2.25. The molecule has 0 unspecified atom stereocenters. The highest BCUT2D eigenvalue weighted by Gasteiger charge is 2.10. The van der Waals surface area contributed by atoms with Crippen molar-refractivity contribution in [3.63, 3.8) is 0 Å². The Morgan fingerprint density at radius 1 is 0.897 bits per heavy atom. The van der Waals surface area contributed by atoms with E-state index >= 15 is 0 Å². The van der Waals surface area contributed by atoms with E-state index in [0.717, 1.165) is 10.9 Å². The largest absolute Gasteiger partial charge is 0.497 e. The summed E-state index contributed by atoms with van der Waals surface area (Å²) in [5.74, 6) is 1.05. The number of hydrogen-bond donors (Lipinski definition) is 0. The minimum absolute atomic E-state index is 0.0936. The van der Waals surface area contributed by atoms with Crippen LogP contribution in [0.1, 0.15) is 10.4 Å². The molecule has 0 spiro atoms. The lowest BCUT2D eigenvalue weighted by molar-refractivity contribution is 0.0921. The Morgan fingerprint density at radius 2 is 1.62 bits per heavy atom. The average molecular weight is 386 g/mol. The molecule has 0 aliphatic rings. The Morgan fingerprint density at radius 3 is 2.34 bits per heavy atom. The van der Waals surface area contributed by atoms with Gasteiger partial charge in [-0.15, -0.1) is 0 Å². The van der Waals surface area contributed by atoms with E-state index in [2.05, 4.69) is 0 Å². The van der Waals surface area contributed by atoms with Crippen LogP contribution in [-0.2, 0) is 0 Å². The lowest BCUT2D eigenvalue weighted by Crippen LogP contribution is -2.11. The van der Waals surface area contributed by atoms with Crippen molar-refractivity contribution in [1.29, 1.82) is 0 Å². The van der Waals surface area contributed by atoms with E-state index in [9.17, 15) is 9.59 Å². The Labute approximate surface area is 167 Å². The van der Waals surface area contributed by atoms with Crippen molar-refractivity contribution >= 4 is 16.8 Å². The summed E-state index contributed by atoms with van der Waals surface area (Å²) in [4.78, 5) is 24.6. The first kappa shape index (κ1) is 18.5. The van der Waals surface area contributed by atoms with Gasteiger partial charge in [0.1, 0.15) is 17.1 Å². The maximum absolute atomic E-state index is 12.5. The maximum Gasteiger partial charge on any atom is 0.344 e. The van der Waals surface area contributed by atoms with Gasteiger partial charge in [0, 0.05) is 17.0 Å². The van der Waals surface area contributed by atoms with Crippen LogP contribution in [0.25, 0.3) is 22.1 Å². The third-order valence-electron chi connectivity index (χ3n) is 4.57. The van der Waals surface area contributed by atoms with E-state index in [4.69, 9.17) is 13.9 Å². The molecule has 0 amide bonds. The summed E-state index contributed by atoms with van der Waals surface area (Å²) in [5.41, 5.74) is 1.75. The van der Waals surface area contributed by atoms with Crippen LogP contribution < -0.4 is 15.1 Å². The van der Waals surface area contributed by atoms with E-state index in [1.807, 2.05) is 18.2 Å². The Kier molecular flexibility index (Phi) is 5.12. The first-order valence-corrected chi connectivity index (χ1v) is 9.07. The molecule has 4 rings (SSSR count). The summed E-state index contributed by atoms with van der Waals surface area (Å²) < 4.78 is 16.2. The van der Waals surface area contributed by atoms with Gasteiger partial charge in [-0.1, -0.05) is 42.5 Å². The number of carbonyl (C=O) groups is 1. The minimum atomic E-state index is -0.444. The molecule has 0 saturated carbocycles. The van der Waals surface area contributed by atoms with Crippen molar-refractivity contribution in [3.8, 4) is 22.6 Å². The summed E-state index contributed by atoms with van der Waals surface area (Å²) in [6.07, 6.45) is 0. The smallest absolute Gasteiger partial charge is 0.344 e. The fraction of sp³-hybridized carbons (Fsp3) is 0.0833. The lowest BCUT2D eigenvalue weighted by atomic mass is 10.1. The van der Waals surface area contributed by atoms with Crippen LogP contribution in [0.15, 0.2) is 88.1 Å². The molecular formula is C24H18O5. The number of ether oxygens (including phenoxy) is 2. The number of fused-ring (bicyclic) bond motifs is 1. The van der Waals surface area contributed by atoms with Crippen molar-refractivity contribution in [2.24, 2.45) is 0 Å². The molecule has 0 atom stereocenters. The molecule has 4 aromatic rings. The van der Waals surface area contributed by atoms with Crippen molar-refractivity contribution in [2.45, 2.75) is 0 Å². The van der Waals surface area contributed by atoms with Crippen LogP contribution in [-0.4, -0.2) is 19.5 Å². The SMILES string of the molecule is COc1ccc(-c2cc3ccc(OCC(=O)c4ccccc4)cc3oc2=O)cc1. The molecule has 0 N–H and O–H groups in total. The monoisotopic (exact) mass is 386 g/mol. The highest BCUT2D eigenvalue weighted by atomic mass is 16.5. The number of ketones is 1. The first-order valence-electron chi connectivity index (χ1n) is 9.07. The van der Waals surface area contributed by atoms with Crippen LogP contribution in [0, 0.1) is 0 Å². The van der Waals surface area contributed by atoms with Crippen LogP contribution in [0.3, 0.4) is 0 Å².